The van der Waals surface area contributed by atoms with Gasteiger partial charge in [-0.1, -0.05) is 31.5 Å². The highest BCUT2D eigenvalue weighted by Gasteiger charge is 2.20. The van der Waals surface area contributed by atoms with Gasteiger partial charge in [0.25, 0.3) is 0 Å². The van der Waals surface area contributed by atoms with Gasteiger partial charge in [-0.05, 0) is 24.8 Å². The van der Waals surface area contributed by atoms with Crippen molar-refractivity contribution in [2.45, 2.75) is 43.0 Å². The predicted octanol–water partition coefficient (Wildman–Crippen LogP) is 3.02. The van der Waals surface area contributed by atoms with Crippen LogP contribution < -0.4 is 0 Å². The van der Waals surface area contributed by atoms with Gasteiger partial charge in [-0.25, -0.2) is 9.97 Å². The molecule has 2 unspecified atom stereocenters. The van der Waals surface area contributed by atoms with Crippen LogP contribution in [0.15, 0.2) is 17.4 Å². The van der Waals surface area contributed by atoms with Gasteiger partial charge in [0.1, 0.15) is 11.8 Å². The fraction of sp³-hybridized carbons (Fsp3) is 0.583. The normalized spacial score (nSPS) is 25.0. The molecule has 0 radical (unpaired) electrons. The van der Waals surface area contributed by atoms with E-state index in [0.29, 0.717) is 10.9 Å². The lowest BCUT2D eigenvalue weighted by Gasteiger charge is -2.25. The van der Waals surface area contributed by atoms with Crippen molar-refractivity contribution in [1.82, 2.24) is 9.97 Å². The molecule has 1 heterocycles. The summed E-state index contributed by atoms with van der Waals surface area (Å²) in [5.74, 6) is 0.811. The molecule has 1 aliphatic carbocycles. The monoisotopic (exact) mass is 233 g/mol. The quantitative estimate of drug-likeness (QED) is 0.737. The zero-order valence-corrected chi connectivity index (χ0v) is 10.2. The summed E-state index contributed by atoms with van der Waals surface area (Å²) in [6.45, 7) is 2.30. The molecule has 0 aromatic carbocycles. The van der Waals surface area contributed by atoms with E-state index in [1.807, 2.05) is 6.07 Å². The number of rotatable bonds is 2. The molecular formula is C12H15N3S. The van der Waals surface area contributed by atoms with E-state index >= 15 is 0 Å². The van der Waals surface area contributed by atoms with E-state index < -0.39 is 0 Å². The van der Waals surface area contributed by atoms with Crippen LogP contribution in [0.1, 0.15) is 38.3 Å². The highest BCUT2D eigenvalue weighted by molar-refractivity contribution is 7.99. The number of nitrogens with zero attached hydrogens (tertiary/aromatic N) is 3. The van der Waals surface area contributed by atoms with Crippen LogP contribution in [0.4, 0.5) is 0 Å². The molecule has 4 heteroatoms. The Hall–Kier alpha value is -1.08. The summed E-state index contributed by atoms with van der Waals surface area (Å²) in [5.41, 5.74) is 0.460. The first-order valence-corrected chi connectivity index (χ1v) is 6.55. The summed E-state index contributed by atoms with van der Waals surface area (Å²) in [7, 11) is 0. The molecule has 1 aliphatic rings. The van der Waals surface area contributed by atoms with E-state index in [1.54, 1.807) is 24.0 Å². The van der Waals surface area contributed by atoms with E-state index in [-0.39, 0.29) is 0 Å². The third-order valence-electron chi connectivity index (χ3n) is 2.91. The highest BCUT2D eigenvalue weighted by atomic mass is 32.2. The second-order valence-electron chi connectivity index (χ2n) is 4.35. The summed E-state index contributed by atoms with van der Waals surface area (Å²) in [6.07, 6.45) is 6.80. The minimum absolute atomic E-state index is 0.460. The summed E-state index contributed by atoms with van der Waals surface area (Å²) in [4.78, 5) is 8.41. The van der Waals surface area contributed by atoms with Crippen LogP contribution in [0.3, 0.4) is 0 Å². The Morgan fingerprint density at radius 2 is 2.38 bits per heavy atom. The van der Waals surface area contributed by atoms with Crippen LogP contribution in [-0.2, 0) is 0 Å². The van der Waals surface area contributed by atoms with Crippen molar-refractivity contribution in [3.8, 4) is 6.07 Å². The molecule has 84 valence electrons. The van der Waals surface area contributed by atoms with Crippen LogP contribution in [-0.4, -0.2) is 15.2 Å². The molecule has 1 fully saturated rings. The lowest BCUT2D eigenvalue weighted by Crippen LogP contribution is -2.15. The maximum Gasteiger partial charge on any atom is 0.189 e. The highest BCUT2D eigenvalue weighted by Crippen LogP contribution is 2.34. The lowest BCUT2D eigenvalue weighted by atomic mass is 9.91. The molecule has 0 N–H and O–H groups in total. The van der Waals surface area contributed by atoms with Crippen molar-refractivity contribution < 1.29 is 0 Å². The summed E-state index contributed by atoms with van der Waals surface area (Å²) in [6, 6.07) is 3.70. The number of thioether (sulfide) groups is 1. The average Bonchev–Trinajstić information content (AvgIpc) is 2.29. The molecule has 16 heavy (non-hydrogen) atoms. The van der Waals surface area contributed by atoms with Gasteiger partial charge in [0, 0.05) is 11.4 Å². The third-order valence-corrected chi connectivity index (χ3v) is 4.08. The zero-order valence-electron chi connectivity index (χ0n) is 9.39. The smallest absolute Gasteiger partial charge is 0.189 e. The first kappa shape index (κ1) is 11.4. The van der Waals surface area contributed by atoms with Gasteiger partial charge in [0.2, 0.25) is 0 Å². The number of aromatic nitrogens is 2. The third kappa shape index (κ3) is 2.96. The van der Waals surface area contributed by atoms with E-state index in [2.05, 4.69) is 16.9 Å². The minimum Gasteiger partial charge on any atom is -0.231 e. The van der Waals surface area contributed by atoms with E-state index in [9.17, 15) is 0 Å². The molecule has 1 aromatic rings. The summed E-state index contributed by atoms with van der Waals surface area (Å²) < 4.78 is 0. The zero-order chi connectivity index (χ0) is 11.4. The lowest BCUT2D eigenvalue weighted by molar-refractivity contribution is 0.394. The minimum atomic E-state index is 0.460. The fourth-order valence-electron chi connectivity index (χ4n) is 2.09. The molecule has 0 bridgehead atoms. The first-order chi connectivity index (χ1) is 7.78. The van der Waals surface area contributed by atoms with Gasteiger partial charge in [0.05, 0.1) is 0 Å². The molecular weight excluding hydrogens is 218 g/mol. The van der Waals surface area contributed by atoms with Crippen LogP contribution in [0, 0.1) is 17.2 Å². The molecule has 2 rings (SSSR count). The van der Waals surface area contributed by atoms with Gasteiger partial charge in [-0.15, -0.1) is 0 Å². The van der Waals surface area contributed by atoms with Gasteiger partial charge < -0.3 is 0 Å². The van der Waals surface area contributed by atoms with E-state index in [4.69, 9.17) is 5.26 Å². The number of hydrogen-bond donors (Lipinski definition) is 0. The van der Waals surface area contributed by atoms with Crippen molar-refractivity contribution >= 4 is 11.8 Å². The molecule has 0 spiro atoms. The Labute approximate surface area is 100 Å². The summed E-state index contributed by atoms with van der Waals surface area (Å²) in [5, 5.41) is 10.1. The molecule has 3 nitrogen and oxygen atoms in total. The Bertz CT molecular complexity index is 399. The van der Waals surface area contributed by atoms with Gasteiger partial charge in [-0.3, -0.25) is 0 Å². The Balaban J connectivity index is 2.00. The van der Waals surface area contributed by atoms with Crippen LogP contribution in [0.25, 0.3) is 0 Å². The molecule has 0 amide bonds. The standard InChI is InChI=1S/C12H15N3S/c1-9-3-2-4-11(7-9)16-12-14-6-5-10(8-13)15-12/h5-6,9,11H,2-4,7H2,1H3. The van der Waals surface area contributed by atoms with Crippen LogP contribution in [0.2, 0.25) is 0 Å². The topological polar surface area (TPSA) is 49.6 Å². The number of hydrogen-bond acceptors (Lipinski definition) is 4. The number of nitriles is 1. The van der Waals surface area contributed by atoms with E-state index in [1.165, 1.54) is 25.7 Å². The average molecular weight is 233 g/mol. The van der Waals surface area contributed by atoms with Crippen molar-refractivity contribution in [2.75, 3.05) is 0 Å². The first-order valence-electron chi connectivity index (χ1n) is 5.67. The van der Waals surface area contributed by atoms with Crippen LogP contribution in [0.5, 0.6) is 0 Å². The van der Waals surface area contributed by atoms with Gasteiger partial charge >= 0.3 is 0 Å². The SMILES string of the molecule is CC1CCCC(Sc2nccc(C#N)n2)C1. The Kier molecular flexibility index (Phi) is 3.79. The Morgan fingerprint density at radius 1 is 1.50 bits per heavy atom. The molecule has 0 saturated heterocycles. The second-order valence-corrected chi connectivity index (χ2v) is 5.62. The Morgan fingerprint density at radius 3 is 3.12 bits per heavy atom. The largest absolute Gasteiger partial charge is 0.231 e. The van der Waals surface area contributed by atoms with Crippen molar-refractivity contribution in [3.63, 3.8) is 0 Å². The fourth-order valence-corrected chi connectivity index (χ4v) is 3.37. The van der Waals surface area contributed by atoms with Crippen LogP contribution >= 0.6 is 11.8 Å². The maximum atomic E-state index is 8.76. The van der Waals surface area contributed by atoms with Crippen molar-refractivity contribution in [3.05, 3.63) is 18.0 Å². The predicted molar refractivity (Wildman–Crippen MR) is 64.0 cm³/mol. The second kappa shape index (κ2) is 5.31. The van der Waals surface area contributed by atoms with Gasteiger partial charge in [-0.2, -0.15) is 5.26 Å². The van der Waals surface area contributed by atoms with Crippen molar-refractivity contribution in [1.29, 1.82) is 5.26 Å². The maximum absolute atomic E-state index is 8.76. The molecule has 1 saturated carbocycles. The molecule has 0 aliphatic heterocycles. The summed E-state index contributed by atoms with van der Waals surface area (Å²) >= 11 is 1.72. The molecule has 2 atom stereocenters. The van der Waals surface area contributed by atoms with Gasteiger partial charge in [0.15, 0.2) is 5.16 Å². The van der Waals surface area contributed by atoms with Crippen molar-refractivity contribution in [2.24, 2.45) is 5.92 Å². The van der Waals surface area contributed by atoms with E-state index in [0.717, 1.165) is 11.1 Å². The molecule has 1 aromatic heterocycles.